The van der Waals surface area contributed by atoms with Gasteiger partial charge in [-0.1, -0.05) is 25.1 Å². The molecule has 0 bridgehead atoms. The molecule has 5 nitrogen and oxygen atoms in total. The summed E-state index contributed by atoms with van der Waals surface area (Å²) in [6, 6.07) is 7.12. The van der Waals surface area contributed by atoms with Crippen LogP contribution >= 0.6 is 0 Å². The molecule has 0 radical (unpaired) electrons. The van der Waals surface area contributed by atoms with E-state index in [1.54, 1.807) is 12.1 Å². The average molecular weight is 410 g/mol. The van der Waals surface area contributed by atoms with E-state index < -0.39 is 0 Å². The first-order valence-electron chi connectivity index (χ1n) is 11.5. The van der Waals surface area contributed by atoms with Gasteiger partial charge in [-0.15, -0.1) is 0 Å². The van der Waals surface area contributed by atoms with E-state index in [1.165, 1.54) is 36.9 Å². The van der Waals surface area contributed by atoms with Crippen molar-refractivity contribution in [3.63, 3.8) is 0 Å². The SMILES string of the molecule is CC1CCN(c2nc3c(c(N4CCCC4)n2)CN(Cc2ccccc2F)CC3)CC1. The van der Waals surface area contributed by atoms with E-state index >= 15 is 0 Å². The summed E-state index contributed by atoms with van der Waals surface area (Å²) in [5.41, 5.74) is 3.22. The first-order valence-corrected chi connectivity index (χ1v) is 11.5. The molecule has 0 unspecified atom stereocenters. The van der Waals surface area contributed by atoms with E-state index in [-0.39, 0.29) is 5.82 Å². The highest BCUT2D eigenvalue weighted by molar-refractivity contribution is 5.55. The molecule has 3 aliphatic rings. The number of hydrogen-bond acceptors (Lipinski definition) is 5. The molecule has 160 valence electrons. The highest BCUT2D eigenvalue weighted by atomic mass is 19.1. The lowest BCUT2D eigenvalue weighted by atomic mass is 9.99. The summed E-state index contributed by atoms with van der Waals surface area (Å²) >= 11 is 0. The van der Waals surface area contributed by atoms with Gasteiger partial charge >= 0.3 is 0 Å². The van der Waals surface area contributed by atoms with E-state index in [1.807, 2.05) is 12.1 Å². The van der Waals surface area contributed by atoms with Crippen LogP contribution in [0.2, 0.25) is 0 Å². The largest absolute Gasteiger partial charge is 0.356 e. The third-order valence-electron chi connectivity index (χ3n) is 6.93. The summed E-state index contributed by atoms with van der Waals surface area (Å²) in [5, 5.41) is 0. The molecule has 30 heavy (non-hydrogen) atoms. The van der Waals surface area contributed by atoms with Crippen LogP contribution in [0, 0.1) is 11.7 Å². The molecule has 0 amide bonds. The minimum Gasteiger partial charge on any atom is -0.356 e. The third kappa shape index (κ3) is 4.02. The van der Waals surface area contributed by atoms with E-state index in [4.69, 9.17) is 9.97 Å². The molecule has 3 aliphatic heterocycles. The van der Waals surface area contributed by atoms with Crippen LogP contribution < -0.4 is 9.80 Å². The molecular weight excluding hydrogens is 377 g/mol. The van der Waals surface area contributed by atoms with Crippen molar-refractivity contribution in [1.29, 1.82) is 0 Å². The van der Waals surface area contributed by atoms with Gasteiger partial charge in [0.05, 0.1) is 5.69 Å². The van der Waals surface area contributed by atoms with Gasteiger partial charge in [0.15, 0.2) is 0 Å². The van der Waals surface area contributed by atoms with Gasteiger partial charge in [-0.25, -0.2) is 9.37 Å². The number of piperidine rings is 1. The molecule has 1 aromatic carbocycles. The zero-order valence-corrected chi connectivity index (χ0v) is 18.0. The lowest BCUT2D eigenvalue weighted by Crippen LogP contribution is -2.37. The monoisotopic (exact) mass is 409 g/mol. The van der Waals surface area contributed by atoms with Crippen LogP contribution in [-0.4, -0.2) is 47.6 Å². The van der Waals surface area contributed by atoms with Gasteiger partial charge in [-0.2, -0.15) is 4.98 Å². The zero-order chi connectivity index (χ0) is 20.5. The van der Waals surface area contributed by atoms with Gasteiger partial charge in [-0.05, 0) is 37.7 Å². The van der Waals surface area contributed by atoms with Crippen molar-refractivity contribution in [3.8, 4) is 0 Å². The minimum absolute atomic E-state index is 0.117. The summed E-state index contributed by atoms with van der Waals surface area (Å²) in [5.74, 6) is 2.73. The number of rotatable bonds is 4. The second-order valence-corrected chi connectivity index (χ2v) is 9.19. The highest BCUT2D eigenvalue weighted by Gasteiger charge is 2.29. The molecular formula is C24H32FN5. The Kier molecular flexibility index (Phi) is 5.59. The van der Waals surface area contributed by atoms with Crippen LogP contribution in [0.1, 0.15) is 49.4 Å². The van der Waals surface area contributed by atoms with Crippen molar-refractivity contribution in [2.45, 2.75) is 52.1 Å². The fraction of sp³-hybridized carbons (Fsp3) is 0.583. The van der Waals surface area contributed by atoms with E-state index in [0.717, 1.165) is 68.9 Å². The number of halogens is 1. The standard InChI is InChI=1S/C24H32FN5/c1-18-8-14-30(15-9-18)24-26-22-10-13-28(16-19-6-2-3-7-21(19)25)17-20(22)23(27-24)29-11-4-5-12-29/h2-3,6-7,18H,4-5,8-17H2,1H3. The van der Waals surface area contributed by atoms with E-state index in [2.05, 4.69) is 21.6 Å². The number of aromatic nitrogens is 2. The lowest BCUT2D eigenvalue weighted by Gasteiger charge is -2.35. The Balaban J connectivity index is 1.43. The van der Waals surface area contributed by atoms with Crippen molar-refractivity contribution < 1.29 is 4.39 Å². The van der Waals surface area contributed by atoms with Crippen LogP contribution in [0.15, 0.2) is 24.3 Å². The molecule has 6 heteroatoms. The molecule has 0 saturated carbocycles. The number of benzene rings is 1. The van der Waals surface area contributed by atoms with Gasteiger partial charge in [-0.3, -0.25) is 4.90 Å². The summed E-state index contributed by atoms with van der Waals surface area (Å²) in [6.45, 7) is 8.95. The second-order valence-electron chi connectivity index (χ2n) is 9.19. The summed E-state index contributed by atoms with van der Waals surface area (Å²) < 4.78 is 14.2. The van der Waals surface area contributed by atoms with Crippen molar-refractivity contribution in [2.75, 3.05) is 42.5 Å². The molecule has 5 rings (SSSR count). The molecule has 2 saturated heterocycles. The smallest absolute Gasteiger partial charge is 0.227 e. The third-order valence-corrected chi connectivity index (χ3v) is 6.93. The predicted molar refractivity (Wildman–Crippen MR) is 118 cm³/mol. The first kappa shape index (κ1) is 19.7. The fourth-order valence-electron chi connectivity index (χ4n) is 4.98. The molecule has 2 fully saturated rings. The summed E-state index contributed by atoms with van der Waals surface area (Å²) in [4.78, 5) is 17.3. The van der Waals surface area contributed by atoms with E-state index in [9.17, 15) is 4.39 Å². The number of nitrogens with zero attached hydrogens (tertiary/aromatic N) is 5. The molecule has 2 aromatic rings. The van der Waals surface area contributed by atoms with Crippen molar-refractivity contribution in [3.05, 3.63) is 46.9 Å². The van der Waals surface area contributed by atoms with E-state index in [0.29, 0.717) is 6.54 Å². The molecule has 0 atom stereocenters. The second kappa shape index (κ2) is 8.50. The molecule has 4 heterocycles. The Morgan fingerprint density at radius 2 is 1.73 bits per heavy atom. The lowest BCUT2D eigenvalue weighted by molar-refractivity contribution is 0.240. The Hall–Kier alpha value is -2.21. The molecule has 0 spiro atoms. The first-order chi connectivity index (χ1) is 14.7. The van der Waals surface area contributed by atoms with Crippen LogP contribution in [-0.2, 0) is 19.5 Å². The Morgan fingerprint density at radius 3 is 2.50 bits per heavy atom. The number of fused-ring (bicyclic) bond motifs is 1. The van der Waals surface area contributed by atoms with Crippen molar-refractivity contribution in [1.82, 2.24) is 14.9 Å². The molecule has 0 N–H and O–H groups in total. The van der Waals surface area contributed by atoms with Crippen LogP contribution in [0.25, 0.3) is 0 Å². The average Bonchev–Trinajstić information content (AvgIpc) is 3.30. The summed E-state index contributed by atoms with van der Waals surface area (Å²) in [6.07, 6.45) is 5.80. The molecule has 1 aromatic heterocycles. The van der Waals surface area contributed by atoms with Crippen molar-refractivity contribution >= 4 is 11.8 Å². The predicted octanol–water partition coefficient (Wildman–Crippen LogP) is 4.01. The zero-order valence-electron chi connectivity index (χ0n) is 18.0. The van der Waals surface area contributed by atoms with Crippen LogP contribution in [0.3, 0.4) is 0 Å². The molecule has 0 aliphatic carbocycles. The van der Waals surface area contributed by atoms with Crippen molar-refractivity contribution in [2.24, 2.45) is 5.92 Å². The maximum atomic E-state index is 14.2. The Morgan fingerprint density at radius 1 is 0.967 bits per heavy atom. The topological polar surface area (TPSA) is 35.5 Å². The quantitative estimate of drug-likeness (QED) is 0.762. The number of hydrogen-bond donors (Lipinski definition) is 0. The maximum Gasteiger partial charge on any atom is 0.227 e. The van der Waals surface area contributed by atoms with Gasteiger partial charge in [0, 0.05) is 63.4 Å². The maximum absolute atomic E-state index is 14.2. The van der Waals surface area contributed by atoms with Crippen LogP contribution in [0.5, 0.6) is 0 Å². The van der Waals surface area contributed by atoms with Gasteiger partial charge in [0.1, 0.15) is 11.6 Å². The minimum atomic E-state index is -0.117. The fourth-order valence-corrected chi connectivity index (χ4v) is 4.98. The van der Waals surface area contributed by atoms with Gasteiger partial charge < -0.3 is 9.80 Å². The van der Waals surface area contributed by atoms with Crippen LogP contribution in [0.4, 0.5) is 16.2 Å². The normalized spacial score (nSPS) is 20.6. The number of anilines is 2. The van der Waals surface area contributed by atoms with Gasteiger partial charge in [0.25, 0.3) is 0 Å². The van der Waals surface area contributed by atoms with Gasteiger partial charge in [0.2, 0.25) is 5.95 Å². The Labute approximate surface area is 178 Å². The Bertz CT molecular complexity index is 887. The summed E-state index contributed by atoms with van der Waals surface area (Å²) in [7, 11) is 0. The highest BCUT2D eigenvalue weighted by Crippen LogP contribution is 2.32.